The molecule has 0 spiro atoms. The predicted octanol–water partition coefficient (Wildman–Crippen LogP) is 3.27. The molecule has 0 radical (unpaired) electrons. The largest absolute Gasteiger partial charge is 0.495 e. The van der Waals surface area contributed by atoms with E-state index in [1.165, 1.54) is 12.4 Å². The molecular formula is C19H25ClF2N6O. The van der Waals surface area contributed by atoms with Gasteiger partial charge in [-0.05, 0) is 31.5 Å². The second kappa shape index (κ2) is 9.78. The van der Waals surface area contributed by atoms with E-state index in [0.717, 1.165) is 35.5 Å². The van der Waals surface area contributed by atoms with Crippen molar-refractivity contribution in [2.45, 2.75) is 32.5 Å². The van der Waals surface area contributed by atoms with Gasteiger partial charge in [-0.3, -0.25) is 4.57 Å². The van der Waals surface area contributed by atoms with E-state index in [1.54, 1.807) is 13.2 Å². The summed E-state index contributed by atoms with van der Waals surface area (Å²) >= 11 is 6.15. The number of guanidine groups is 1. The molecule has 1 aromatic carbocycles. The van der Waals surface area contributed by atoms with Crippen molar-refractivity contribution in [1.82, 2.24) is 20.2 Å². The third-order valence-electron chi connectivity index (χ3n) is 4.69. The minimum atomic E-state index is -2.63. The van der Waals surface area contributed by atoms with Crippen LogP contribution in [0.5, 0.6) is 5.75 Å². The van der Waals surface area contributed by atoms with Crippen molar-refractivity contribution in [3.8, 4) is 5.75 Å². The Morgan fingerprint density at radius 1 is 1.45 bits per heavy atom. The summed E-state index contributed by atoms with van der Waals surface area (Å²) in [5.74, 6) is 1.56. The molecule has 158 valence electrons. The summed E-state index contributed by atoms with van der Waals surface area (Å²) in [6.45, 7) is 1.62. The number of nitrogens with one attached hydrogen (secondary N) is 2. The van der Waals surface area contributed by atoms with Crippen molar-refractivity contribution in [1.29, 1.82) is 0 Å². The zero-order valence-corrected chi connectivity index (χ0v) is 17.2. The van der Waals surface area contributed by atoms with E-state index in [9.17, 15) is 8.78 Å². The number of rotatable bonds is 7. The van der Waals surface area contributed by atoms with Gasteiger partial charge in [0.25, 0.3) is 0 Å². The lowest BCUT2D eigenvalue weighted by Gasteiger charge is -2.22. The number of aromatic nitrogens is 2. The van der Waals surface area contributed by atoms with E-state index in [1.807, 2.05) is 19.1 Å². The topological polar surface area (TPSA) is 66.7 Å². The molecule has 0 saturated carbocycles. The summed E-state index contributed by atoms with van der Waals surface area (Å²) in [6, 6.07) is 5.70. The van der Waals surface area contributed by atoms with E-state index < -0.39 is 6.55 Å². The monoisotopic (exact) mass is 426 g/mol. The summed E-state index contributed by atoms with van der Waals surface area (Å²) < 4.78 is 32.2. The molecule has 7 nitrogen and oxygen atoms in total. The lowest BCUT2D eigenvalue weighted by Crippen LogP contribution is -2.44. The second-order valence-electron chi connectivity index (χ2n) is 6.62. The van der Waals surface area contributed by atoms with Crippen LogP contribution in [0.1, 0.15) is 25.7 Å². The predicted molar refractivity (Wildman–Crippen MR) is 110 cm³/mol. The first-order valence-electron chi connectivity index (χ1n) is 9.45. The van der Waals surface area contributed by atoms with Crippen molar-refractivity contribution in [2.24, 2.45) is 4.99 Å². The van der Waals surface area contributed by atoms with Gasteiger partial charge in [0.2, 0.25) is 0 Å². The quantitative estimate of drug-likeness (QED) is 0.525. The van der Waals surface area contributed by atoms with Crippen LogP contribution in [0.2, 0.25) is 5.02 Å². The number of methoxy groups -OCH3 is 1. The van der Waals surface area contributed by atoms with Gasteiger partial charge in [-0.2, -0.15) is 8.78 Å². The fraction of sp³-hybridized carbons (Fsp3) is 0.474. The number of anilines is 1. The Morgan fingerprint density at radius 3 is 3.00 bits per heavy atom. The number of benzene rings is 1. The highest BCUT2D eigenvalue weighted by atomic mass is 35.5. The molecule has 1 unspecified atom stereocenters. The fourth-order valence-corrected chi connectivity index (χ4v) is 3.48. The maximum absolute atomic E-state index is 13.0. The zero-order valence-electron chi connectivity index (χ0n) is 16.4. The second-order valence-corrected chi connectivity index (χ2v) is 7.05. The number of aliphatic imine (C=N–C) groups is 1. The van der Waals surface area contributed by atoms with Gasteiger partial charge in [0.1, 0.15) is 18.1 Å². The van der Waals surface area contributed by atoms with Gasteiger partial charge in [0.15, 0.2) is 5.96 Å². The molecule has 1 atom stereocenters. The summed E-state index contributed by atoms with van der Waals surface area (Å²) in [6.07, 6.45) is 3.50. The average Bonchev–Trinajstić information content (AvgIpc) is 3.35. The Hall–Kier alpha value is -2.55. The van der Waals surface area contributed by atoms with E-state index in [2.05, 4.69) is 25.5 Å². The fourth-order valence-electron chi connectivity index (χ4n) is 3.31. The van der Waals surface area contributed by atoms with E-state index in [-0.39, 0.29) is 18.4 Å². The lowest BCUT2D eigenvalue weighted by molar-refractivity contribution is 0.0671. The van der Waals surface area contributed by atoms with Gasteiger partial charge in [0.05, 0.1) is 12.8 Å². The molecule has 2 heterocycles. The molecule has 10 heteroatoms. The molecule has 0 amide bonds. The maximum atomic E-state index is 13.0. The van der Waals surface area contributed by atoms with E-state index in [4.69, 9.17) is 16.3 Å². The van der Waals surface area contributed by atoms with E-state index in [0.29, 0.717) is 17.5 Å². The van der Waals surface area contributed by atoms with Crippen LogP contribution in [-0.2, 0) is 6.54 Å². The van der Waals surface area contributed by atoms with Crippen LogP contribution >= 0.6 is 11.6 Å². The molecular weight excluding hydrogens is 402 g/mol. The van der Waals surface area contributed by atoms with Crippen LogP contribution in [0.3, 0.4) is 0 Å². The first-order valence-corrected chi connectivity index (χ1v) is 9.82. The molecule has 1 aliphatic rings. The van der Waals surface area contributed by atoms with Crippen molar-refractivity contribution in [3.63, 3.8) is 0 Å². The number of hydrogen-bond acceptors (Lipinski definition) is 4. The molecule has 1 aliphatic heterocycles. The standard InChI is InChI=1S/C19H25ClF2N6O/c1-3-23-19(25-11-17-24-7-9-28(17)18(21)22)26-14-6-8-27(12-14)15-10-13(20)4-5-16(15)29-2/h4-5,7,9-10,14,18H,3,6,8,11-12H2,1-2H3,(H2,23,25,26). The van der Waals surface area contributed by atoms with Gasteiger partial charge in [-0.15, -0.1) is 0 Å². The highest BCUT2D eigenvalue weighted by molar-refractivity contribution is 6.30. The molecule has 1 fully saturated rings. The van der Waals surface area contributed by atoms with Gasteiger partial charge >= 0.3 is 6.55 Å². The normalized spacial score (nSPS) is 17.1. The summed E-state index contributed by atoms with van der Waals surface area (Å²) in [4.78, 5) is 10.6. The Labute approximate surface area is 173 Å². The van der Waals surface area contributed by atoms with Crippen LogP contribution in [0.15, 0.2) is 35.6 Å². The molecule has 29 heavy (non-hydrogen) atoms. The molecule has 1 saturated heterocycles. The Bertz CT molecular complexity index is 844. The first-order chi connectivity index (χ1) is 14.0. The van der Waals surface area contributed by atoms with Crippen molar-refractivity contribution in [2.75, 3.05) is 31.6 Å². The average molecular weight is 427 g/mol. The number of nitrogens with zero attached hydrogens (tertiary/aromatic N) is 4. The van der Waals surface area contributed by atoms with Gasteiger partial charge < -0.3 is 20.3 Å². The van der Waals surface area contributed by atoms with Crippen LogP contribution in [0.25, 0.3) is 0 Å². The smallest absolute Gasteiger partial charge is 0.319 e. The molecule has 2 aromatic rings. The highest BCUT2D eigenvalue weighted by Crippen LogP contribution is 2.33. The SMILES string of the molecule is CCNC(=NCc1nccn1C(F)F)NC1CCN(c2cc(Cl)ccc2OC)C1. The number of ether oxygens (including phenoxy) is 1. The van der Waals surface area contributed by atoms with Crippen molar-refractivity contribution < 1.29 is 13.5 Å². The number of imidazole rings is 1. The van der Waals surface area contributed by atoms with Crippen LogP contribution in [0, 0.1) is 0 Å². The van der Waals surface area contributed by atoms with Gasteiger partial charge in [-0.25, -0.2) is 9.98 Å². The molecule has 2 N–H and O–H groups in total. The van der Waals surface area contributed by atoms with Crippen LogP contribution < -0.4 is 20.3 Å². The van der Waals surface area contributed by atoms with E-state index >= 15 is 0 Å². The first kappa shape index (κ1) is 21.2. The van der Waals surface area contributed by atoms with Crippen molar-refractivity contribution in [3.05, 3.63) is 41.4 Å². The Balaban J connectivity index is 1.66. The summed E-state index contributed by atoms with van der Waals surface area (Å²) in [5.41, 5.74) is 0.949. The Kier molecular flexibility index (Phi) is 7.13. The molecule has 3 rings (SSSR count). The van der Waals surface area contributed by atoms with Crippen LogP contribution in [-0.4, -0.2) is 48.3 Å². The third-order valence-corrected chi connectivity index (χ3v) is 4.93. The molecule has 0 bridgehead atoms. The number of hydrogen-bond donors (Lipinski definition) is 2. The summed E-state index contributed by atoms with van der Waals surface area (Å²) in [5, 5.41) is 7.19. The molecule has 0 aliphatic carbocycles. The number of halogens is 3. The maximum Gasteiger partial charge on any atom is 0.319 e. The Morgan fingerprint density at radius 2 is 2.28 bits per heavy atom. The minimum Gasteiger partial charge on any atom is -0.495 e. The van der Waals surface area contributed by atoms with Crippen LogP contribution in [0.4, 0.5) is 14.5 Å². The summed E-state index contributed by atoms with van der Waals surface area (Å²) in [7, 11) is 1.64. The lowest BCUT2D eigenvalue weighted by atomic mass is 10.2. The highest BCUT2D eigenvalue weighted by Gasteiger charge is 2.25. The van der Waals surface area contributed by atoms with Crippen molar-refractivity contribution >= 4 is 23.2 Å². The molecule has 1 aromatic heterocycles. The third kappa shape index (κ3) is 5.29. The van der Waals surface area contributed by atoms with Gasteiger partial charge in [0, 0.05) is 43.1 Å². The number of alkyl halides is 2. The minimum absolute atomic E-state index is 0.0607. The van der Waals surface area contributed by atoms with Gasteiger partial charge in [-0.1, -0.05) is 11.6 Å². The zero-order chi connectivity index (χ0) is 20.8.